The van der Waals surface area contributed by atoms with E-state index in [0.29, 0.717) is 23.6 Å². The van der Waals surface area contributed by atoms with Crippen LogP contribution >= 0.6 is 0 Å². The summed E-state index contributed by atoms with van der Waals surface area (Å²) in [7, 11) is 0. The number of pyridine rings is 1. The minimum absolute atomic E-state index is 0.152. The van der Waals surface area contributed by atoms with Gasteiger partial charge in [0, 0.05) is 18.3 Å². The molecule has 23 heavy (non-hydrogen) atoms. The largest absolute Gasteiger partial charge is 0.364 e. The van der Waals surface area contributed by atoms with Gasteiger partial charge in [0.15, 0.2) is 0 Å². The molecule has 0 aliphatic carbocycles. The van der Waals surface area contributed by atoms with E-state index >= 15 is 0 Å². The molecule has 1 amide bonds. The van der Waals surface area contributed by atoms with E-state index in [1.807, 2.05) is 54.6 Å². The maximum absolute atomic E-state index is 12.3. The molecule has 0 bridgehead atoms. The molecular weight excluding hydrogens is 286 g/mol. The first kappa shape index (κ1) is 14.8. The molecule has 3 aromatic rings. The second kappa shape index (κ2) is 7.22. The molecule has 3 rings (SSSR count). The van der Waals surface area contributed by atoms with Gasteiger partial charge in [-0.15, -0.1) is 0 Å². The van der Waals surface area contributed by atoms with Crippen molar-refractivity contribution in [2.75, 3.05) is 10.6 Å². The lowest BCUT2D eigenvalue weighted by atomic mass is 10.2. The fourth-order valence-corrected chi connectivity index (χ4v) is 2.21. The number of amides is 1. The number of carbonyl (C=O) groups is 1. The zero-order valence-corrected chi connectivity index (χ0v) is 12.6. The summed E-state index contributed by atoms with van der Waals surface area (Å²) in [5.41, 5.74) is 2.43. The number of carbonyl (C=O) groups excluding carboxylic acids is 1. The Labute approximate surface area is 135 Å². The van der Waals surface area contributed by atoms with Crippen molar-refractivity contribution >= 4 is 17.4 Å². The molecule has 0 atom stereocenters. The highest BCUT2D eigenvalue weighted by Gasteiger charge is 2.09. The molecule has 0 radical (unpaired) electrons. The lowest BCUT2D eigenvalue weighted by molar-refractivity contribution is 0.102. The van der Waals surface area contributed by atoms with Crippen LogP contribution in [0, 0.1) is 0 Å². The van der Waals surface area contributed by atoms with Gasteiger partial charge in [0.25, 0.3) is 5.91 Å². The molecule has 4 heteroatoms. The van der Waals surface area contributed by atoms with Gasteiger partial charge in [0.1, 0.15) is 5.82 Å². The van der Waals surface area contributed by atoms with Gasteiger partial charge in [-0.05, 0) is 29.8 Å². The predicted molar refractivity (Wildman–Crippen MR) is 92.4 cm³/mol. The first-order valence-corrected chi connectivity index (χ1v) is 7.42. The second-order valence-corrected chi connectivity index (χ2v) is 5.06. The van der Waals surface area contributed by atoms with Gasteiger partial charge >= 0.3 is 0 Å². The van der Waals surface area contributed by atoms with Gasteiger partial charge in [0.2, 0.25) is 0 Å². The van der Waals surface area contributed by atoms with Crippen molar-refractivity contribution in [2.24, 2.45) is 0 Å². The summed E-state index contributed by atoms with van der Waals surface area (Å²) in [6, 6.07) is 22.8. The van der Waals surface area contributed by atoms with E-state index in [2.05, 4.69) is 15.6 Å². The number of anilines is 2. The van der Waals surface area contributed by atoms with Crippen molar-refractivity contribution in [1.29, 1.82) is 0 Å². The summed E-state index contributed by atoms with van der Waals surface area (Å²) in [5.74, 6) is 0.502. The van der Waals surface area contributed by atoms with Gasteiger partial charge < -0.3 is 10.6 Å². The molecule has 4 nitrogen and oxygen atoms in total. The SMILES string of the molecule is O=C(Nc1cccnc1NCc1ccccc1)c1ccccc1. The van der Waals surface area contributed by atoms with Crippen molar-refractivity contribution in [3.63, 3.8) is 0 Å². The van der Waals surface area contributed by atoms with Crippen molar-refractivity contribution in [3.8, 4) is 0 Å². The number of rotatable bonds is 5. The fourth-order valence-electron chi connectivity index (χ4n) is 2.21. The number of hydrogen-bond donors (Lipinski definition) is 2. The molecule has 0 aliphatic heterocycles. The monoisotopic (exact) mass is 303 g/mol. The van der Waals surface area contributed by atoms with E-state index in [1.54, 1.807) is 24.4 Å². The maximum Gasteiger partial charge on any atom is 0.255 e. The van der Waals surface area contributed by atoms with E-state index in [1.165, 1.54) is 0 Å². The molecule has 2 aromatic carbocycles. The van der Waals surface area contributed by atoms with Gasteiger partial charge in [-0.25, -0.2) is 4.98 Å². The predicted octanol–water partition coefficient (Wildman–Crippen LogP) is 3.95. The third kappa shape index (κ3) is 3.95. The van der Waals surface area contributed by atoms with Crippen LogP contribution in [0.3, 0.4) is 0 Å². The zero-order chi connectivity index (χ0) is 15.9. The zero-order valence-electron chi connectivity index (χ0n) is 12.6. The van der Waals surface area contributed by atoms with Crippen molar-refractivity contribution < 1.29 is 4.79 Å². The van der Waals surface area contributed by atoms with Crippen molar-refractivity contribution in [2.45, 2.75) is 6.54 Å². The molecule has 1 heterocycles. The number of benzene rings is 2. The van der Waals surface area contributed by atoms with Crippen LogP contribution in [0.25, 0.3) is 0 Å². The fraction of sp³-hybridized carbons (Fsp3) is 0.0526. The third-order valence-electron chi connectivity index (χ3n) is 3.39. The van der Waals surface area contributed by atoms with Crippen LogP contribution in [-0.2, 0) is 6.54 Å². The Balaban J connectivity index is 1.72. The molecule has 0 fully saturated rings. The van der Waals surface area contributed by atoms with E-state index < -0.39 is 0 Å². The summed E-state index contributed by atoms with van der Waals surface area (Å²) >= 11 is 0. The van der Waals surface area contributed by atoms with Gasteiger partial charge in [-0.3, -0.25) is 4.79 Å². The van der Waals surface area contributed by atoms with Crippen LogP contribution in [0.4, 0.5) is 11.5 Å². The average molecular weight is 303 g/mol. The Morgan fingerprint density at radius 2 is 1.57 bits per heavy atom. The number of nitrogens with zero attached hydrogens (tertiary/aromatic N) is 1. The Morgan fingerprint density at radius 1 is 0.870 bits per heavy atom. The Morgan fingerprint density at radius 3 is 2.30 bits per heavy atom. The quantitative estimate of drug-likeness (QED) is 0.750. The maximum atomic E-state index is 12.3. The standard InChI is InChI=1S/C19H17N3O/c23-19(16-10-5-2-6-11-16)22-17-12-7-13-20-18(17)21-14-15-8-3-1-4-9-15/h1-13H,14H2,(H,20,21)(H,22,23). The van der Waals surface area contributed by atoms with Crippen LogP contribution in [-0.4, -0.2) is 10.9 Å². The van der Waals surface area contributed by atoms with Gasteiger partial charge in [0.05, 0.1) is 5.69 Å². The Bertz CT molecular complexity index is 773. The Kier molecular flexibility index (Phi) is 4.64. The summed E-state index contributed by atoms with van der Waals surface area (Å²) in [6.45, 7) is 0.645. The number of aromatic nitrogens is 1. The average Bonchev–Trinajstić information content (AvgIpc) is 2.62. The topological polar surface area (TPSA) is 54.0 Å². The first-order valence-electron chi connectivity index (χ1n) is 7.42. The number of nitrogens with one attached hydrogen (secondary N) is 2. The molecule has 114 valence electrons. The van der Waals surface area contributed by atoms with Crippen LogP contribution < -0.4 is 10.6 Å². The minimum atomic E-state index is -0.152. The Hall–Kier alpha value is -3.14. The summed E-state index contributed by atoms with van der Waals surface area (Å²) < 4.78 is 0. The smallest absolute Gasteiger partial charge is 0.255 e. The van der Waals surface area contributed by atoms with Gasteiger partial charge in [-0.2, -0.15) is 0 Å². The highest BCUT2D eigenvalue weighted by molar-refractivity contribution is 6.05. The highest BCUT2D eigenvalue weighted by atomic mass is 16.1. The minimum Gasteiger partial charge on any atom is -0.364 e. The van der Waals surface area contributed by atoms with Crippen LogP contribution in [0.1, 0.15) is 15.9 Å². The highest BCUT2D eigenvalue weighted by Crippen LogP contribution is 2.19. The normalized spacial score (nSPS) is 10.1. The molecule has 0 saturated carbocycles. The summed E-state index contributed by atoms with van der Waals surface area (Å²) in [6.07, 6.45) is 1.70. The number of hydrogen-bond acceptors (Lipinski definition) is 3. The second-order valence-electron chi connectivity index (χ2n) is 5.06. The first-order chi connectivity index (χ1) is 11.3. The van der Waals surface area contributed by atoms with Crippen LogP contribution in [0.15, 0.2) is 79.0 Å². The molecule has 0 aliphatic rings. The summed E-state index contributed by atoms with van der Waals surface area (Å²) in [4.78, 5) is 16.6. The van der Waals surface area contributed by atoms with Crippen molar-refractivity contribution in [3.05, 3.63) is 90.1 Å². The third-order valence-corrected chi connectivity index (χ3v) is 3.39. The molecule has 0 spiro atoms. The lowest BCUT2D eigenvalue weighted by Gasteiger charge is -2.12. The molecule has 0 saturated heterocycles. The molecule has 0 unspecified atom stereocenters. The van der Waals surface area contributed by atoms with E-state index in [4.69, 9.17) is 0 Å². The van der Waals surface area contributed by atoms with E-state index in [0.717, 1.165) is 5.56 Å². The van der Waals surface area contributed by atoms with Gasteiger partial charge in [-0.1, -0.05) is 48.5 Å². The summed E-state index contributed by atoms with van der Waals surface area (Å²) in [5, 5.41) is 6.16. The van der Waals surface area contributed by atoms with E-state index in [-0.39, 0.29) is 5.91 Å². The van der Waals surface area contributed by atoms with Crippen molar-refractivity contribution in [1.82, 2.24) is 4.98 Å². The van der Waals surface area contributed by atoms with Crippen LogP contribution in [0.5, 0.6) is 0 Å². The molecule has 1 aromatic heterocycles. The lowest BCUT2D eigenvalue weighted by Crippen LogP contribution is -2.14. The molecule has 2 N–H and O–H groups in total. The molecular formula is C19H17N3O. The van der Waals surface area contributed by atoms with Crippen LogP contribution in [0.2, 0.25) is 0 Å². The van der Waals surface area contributed by atoms with E-state index in [9.17, 15) is 4.79 Å².